The third kappa shape index (κ3) is 4.81. The fourth-order valence-corrected chi connectivity index (χ4v) is 4.78. The highest BCUT2D eigenvalue weighted by Gasteiger charge is 2.34. The summed E-state index contributed by atoms with van der Waals surface area (Å²) in [6, 6.07) is 3.60. The van der Waals surface area contributed by atoms with Crippen molar-refractivity contribution >= 4 is 16.1 Å². The highest BCUT2D eigenvalue weighted by atomic mass is 32.2. The van der Waals surface area contributed by atoms with Gasteiger partial charge in [0.15, 0.2) is 11.6 Å². The Morgan fingerprint density at radius 2 is 1.59 bits per heavy atom. The molecule has 2 aliphatic heterocycles. The van der Waals surface area contributed by atoms with Gasteiger partial charge in [-0.2, -0.15) is 17.0 Å². The molecule has 0 spiro atoms. The number of piperazine rings is 1. The van der Waals surface area contributed by atoms with Crippen LogP contribution in [0.5, 0.6) is 0 Å². The molecule has 0 unspecified atom stereocenters. The maximum absolute atomic E-state index is 13.2. The molecule has 0 atom stereocenters. The molecule has 2 saturated heterocycles. The number of hydrogen-bond donors (Lipinski definition) is 0. The van der Waals surface area contributed by atoms with Gasteiger partial charge in [0.1, 0.15) is 0 Å². The Hall–Kier alpha value is -1.62. The molecule has 2 fully saturated rings. The van der Waals surface area contributed by atoms with Crippen molar-refractivity contribution in [3.8, 4) is 0 Å². The highest BCUT2D eigenvalue weighted by molar-refractivity contribution is 7.86. The molecule has 2 aliphatic rings. The van der Waals surface area contributed by atoms with E-state index in [0.717, 1.165) is 12.1 Å². The summed E-state index contributed by atoms with van der Waals surface area (Å²) < 4.78 is 59.4. The van der Waals surface area contributed by atoms with Crippen molar-refractivity contribution < 1.29 is 26.7 Å². The lowest BCUT2D eigenvalue weighted by Gasteiger charge is -2.37. The van der Waals surface area contributed by atoms with Crippen molar-refractivity contribution in [2.75, 3.05) is 52.5 Å². The van der Waals surface area contributed by atoms with Crippen LogP contribution in [0.1, 0.15) is 12.0 Å². The minimum atomic E-state index is -3.53. The number of nitrogens with zero attached hydrogens (tertiary/aromatic N) is 3. The van der Waals surface area contributed by atoms with Crippen LogP contribution in [-0.4, -0.2) is 80.3 Å². The van der Waals surface area contributed by atoms with E-state index in [4.69, 9.17) is 4.74 Å². The summed E-state index contributed by atoms with van der Waals surface area (Å²) in [5.74, 6) is -1.97. The molecule has 10 heteroatoms. The number of halogens is 2. The monoisotopic (exact) mass is 403 g/mol. The van der Waals surface area contributed by atoms with Crippen LogP contribution in [0.25, 0.3) is 0 Å². The van der Waals surface area contributed by atoms with E-state index in [1.807, 2.05) is 0 Å². The third-order valence-corrected chi connectivity index (χ3v) is 6.86. The van der Waals surface area contributed by atoms with Crippen molar-refractivity contribution in [3.63, 3.8) is 0 Å². The molecular weight excluding hydrogens is 380 g/mol. The van der Waals surface area contributed by atoms with E-state index in [9.17, 15) is 22.0 Å². The van der Waals surface area contributed by atoms with Crippen molar-refractivity contribution in [1.29, 1.82) is 0 Å². The van der Waals surface area contributed by atoms with Crippen LogP contribution < -0.4 is 0 Å². The van der Waals surface area contributed by atoms with Gasteiger partial charge < -0.3 is 9.64 Å². The first kappa shape index (κ1) is 20.1. The molecule has 27 heavy (non-hydrogen) atoms. The maximum Gasteiger partial charge on any atom is 0.282 e. The third-order valence-electron chi connectivity index (χ3n) is 4.83. The van der Waals surface area contributed by atoms with Gasteiger partial charge in [0.25, 0.3) is 10.2 Å². The molecule has 0 aliphatic carbocycles. The summed E-state index contributed by atoms with van der Waals surface area (Å²) in [6.07, 6.45) is 0.476. The van der Waals surface area contributed by atoms with Gasteiger partial charge in [-0.15, -0.1) is 0 Å². The Morgan fingerprint density at radius 1 is 0.963 bits per heavy atom. The smallest absolute Gasteiger partial charge is 0.282 e. The number of carbonyl (C=O) groups excluding carboxylic acids is 1. The topological polar surface area (TPSA) is 70.2 Å². The lowest BCUT2D eigenvalue weighted by molar-refractivity contribution is -0.132. The van der Waals surface area contributed by atoms with Crippen molar-refractivity contribution in [2.24, 2.45) is 0 Å². The predicted octanol–water partition coefficient (Wildman–Crippen LogP) is 0.619. The van der Waals surface area contributed by atoms with Crippen LogP contribution in [0, 0.1) is 11.6 Å². The fraction of sp³-hybridized carbons (Fsp3) is 0.588. The van der Waals surface area contributed by atoms with Crippen LogP contribution in [-0.2, 0) is 26.2 Å². The Morgan fingerprint density at radius 3 is 2.22 bits per heavy atom. The van der Waals surface area contributed by atoms with Gasteiger partial charge in [0.2, 0.25) is 5.91 Å². The van der Waals surface area contributed by atoms with Crippen LogP contribution in [0.4, 0.5) is 8.78 Å². The molecule has 150 valence electrons. The first-order chi connectivity index (χ1) is 12.9. The SMILES string of the molecule is O=C(CCc1ccc(F)c(F)c1)N1CCN(S(=O)(=O)N2CCOCC2)CC1. The van der Waals surface area contributed by atoms with E-state index in [1.54, 1.807) is 4.90 Å². The van der Waals surface area contributed by atoms with E-state index >= 15 is 0 Å². The second-order valence-corrected chi connectivity index (χ2v) is 8.48. The summed E-state index contributed by atoms with van der Waals surface area (Å²) in [5, 5.41) is 0. The normalized spacial score (nSPS) is 20.0. The largest absolute Gasteiger partial charge is 0.379 e. The number of hydrogen-bond acceptors (Lipinski definition) is 4. The van der Waals surface area contributed by atoms with Crippen molar-refractivity contribution in [1.82, 2.24) is 13.5 Å². The lowest BCUT2D eigenvalue weighted by Crippen LogP contribution is -2.55. The molecule has 1 amide bonds. The van der Waals surface area contributed by atoms with Gasteiger partial charge in [0.05, 0.1) is 13.2 Å². The number of aryl methyl sites for hydroxylation is 1. The predicted molar refractivity (Wildman–Crippen MR) is 94.1 cm³/mol. The van der Waals surface area contributed by atoms with Crippen LogP contribution in [0.2, 0.25) is 0 Å². The number of ether oxygens (including phenoxy) is 1. The Balaban J connectivity index is 1.49. The number of benzene rings is 1. The highest BCUT2D eigenvalue weighted by Crippen LogP contribution is 2.16. The van der Waals surface area contributed by atoms with Gasteiger partial charge in [-0.3, -0.25) is 4.79 Å². The summed E-state index contributed by atoms with van der Waals surface area (Å²) in [5.41, 5.74) is 0.552. The minimum Gasteiger partial charge on any atom is -0.379 e. The van der Waals surface area contributed by atoms with Crippen LogP contribution in [0.15, 0.2) is 18.2 Å². The van der Waals surface area contributed by atoms with E-state index < -0.39 is 21.8 Å². The second-order valence-electron chi connectivity index (χ2n) is 6.55. The standard InChI is InChI=1S/C17H23F2N3O4S/c18-15-3-1-14(13-16(15)19)2-4-17(23)20-5-7-21(8-6-20)27(24,25)22-9-11-26-12-10-22/h1,3,13H,2,4-12H2. The van der Waals surface area contributed by atoms with E-state index in [0.29, 0.717) is 51.4 Å². The zero-order valence-corrected chi connectivity index (χ0v) is 15.8. The van der Waals surface area contributed by atoms with Crippen molar-refractivity contribution in [3.05, 3.63) is 35.4 Å². The first-order valence-corrected chi connectivity index (χ1v) is 10.3. The summed E-state index contributed by atoms with van der Waals surface area (Å²) in [7, 11) is -3.53. The van der Waals surface area contributed by atoms with Gasteiger partial charge in [-0.05, 0) is 24.1 Å². The minimum absolute atomic E-state index is 0.122. The first-order valence-electron chi connectivity index (χ1n) is 8.92. The van der Waals surface area contributed by atoms with Gasteiger partial charge in [-0.1, -0.05) is 6.07 Å². The zero-order chi connectivity index (χ0) is 19.4. The number of morpholine rings is 1. The Labute approximate surface area is 157 Å². The summed E-state index contributed by atoms with van der Waals surface area (Å²) in [4.78, 5) is 14.0. The van der Waals surface area contributed by atoms with Crippen molar-refractivity contribution in [2.45, 2.75) is 12.8 Å². The van der Waals surface area contributed by atoms with E-state index in [2.05, 4.69) is 0 Å². The zero-order valence-electron chi connectivity index (χ0n) is 14.9. The molecule has 1 aromatic rings. The van der Waals surface area contributed by atoms with Gasteiger partial charge in [0, 0.05) is 45.7 Å². The molecule has 1 aromatic carbocycles. The molecule has 7 nitrogen and oxygen atoms in total. The van der Waals surface area contributed by atoms with Gasteiger partial charge in [-0.25, -0.2) is 8.78 Å². The van der Waals surface area contributed by atoms with E-state index in [1.165, 1.54) is 14.7 Å². The van der Waals surface area contributed by atoms with E-state index in [-0.39, 0.29) is 25.4 Å². The summed E-state index contributed by atoms with van der Waals surface area (Å²) in [6.45, 7) is 2.60. The molecular formula is C17H23F2N3O4S. The lowest BCUT2D eigenvalue weighted by atomic mass is 10.1. The van der Waals surface area contributed by atoms with Crippen LogP contribution >= 0.6 is 0 Å². The molecule has 0 aromatic heterocycles. The molecule has 0 bridgehead atoms. The Kier molecular flexibility index (Phi) is 6.40. The summed E-state index contributed by atoms with van der Waals surface area (Å²) >= 11 is 0. The number of rotatable bonds is 5. The Bertz CT molecular complexity index is 776. The second kappa shape index (κ2) is 8.59. The average molecular weight is 403 g/mol. The molecule has 0 saturated carbocycles. The average Bonchev–Trinajstić information content (AvgIpc) is 2.69. The maximum atomic E-state index is 13.2. The molecule has 0 radical (unpaired) electrons. The molecule has 0 N–H and O–H groups in total. The van der Waals surface area contributed by atoms with Gasteiger partial charge >= 0.3 is 0 Å². The van der Waals surface area contributed by atoms with Crippen LogP contribution in [0.3, 0.4) is 0 Å². The fourth-order valence-electron chi connectivity index (χ4n) is 3.21. The molecule has 2 heterocycles. The quantitative estimate of drug-likeness (QED) is 0.723. The number of carbonyl (C=O) groups is 1. The number of amides is 1. The molecule has 3 rings (SSSR count).